The molecular weight excluding hydrogens is 1160 g/mol. The Morgan fingerprint density at radius 3 is 0.638 bits per heavy atom. The SMILES string of the molecule is CCCCCCCCCCCCCCCCCCCCCCCCCCCC(=O)OCC(CO)(CO)CO.CCCCCCCCCCCCCCCCCCCCCCOC(=O)c1ccccc1C(=O)OCCCCCCCCCCCCCCCCCCCCCC. The summed E-state index contributed by atoms with van der Waals surface area (Å²) in [6.07, 6.45) is 88.1. The predicted octanol–water partition coefficient (Wildman–Crippen LogP) is 26.3. The quantitative estimate of drug-likeness (QED) is 0.0330. The molecule has 0 aromatic heterocycles. The van der Waals surface area contributed by atoms with Crippen molar-refractivity contribution in [2.75, 3.05) is 39.6 Å². The molecule has 9 heteroatoms. The van der Waals surface area contributed by atoms with E-state index in [-0.39, 0.29) is 12.6 Å². The fourth-order valence-electron chi connectivity index (χ4n) is 13.0. The Labute approximate surface area is 583 Å². The molecule has 3 N–H and O–H groups in total. The van der Waals surface area contributed by atoms with Crippen LogP contribution in [0, 0.1) is 5.41 Å². The van der Waals surface area contributed by atoms with Crippen molar-refractivity contribution < 1.29 is 43.9 Å². The van der Waals surface area contributed by atoms with Gasteiger partial charge in [-0.05, 0) is 31.4 Å². The second-order valence-corrected chi connectivity index (χ2v) is 29.1. The summed E-state index contributed by atoms with van der Waals surface area (Å²) in [5, 5.41) is 27.8. The first kappa shape index (κ1) is 91.5. The highest BCUT2D eigenvalue weighted by atomic mass is 16.5. The summed E-state index contributed by atoms with van der Waals surface area (Å²) in [5.74, 6) is -1.16. The van der Waals surface area contributed by atoms with E-state index in [0.29, 0.717) is 30.8 Å². The Morgan fingerprint density at radius 1 is 0.266 bits per heavy atom. The molecule has 0 aliphatic rings. The van der Waals surface area contributed by atoms with Crippen LogP contribution >= 0.6 is 0 Å². The Morgan fingerprint density at radius 2 is 0.447 bits per heavy atom. The summed E-state index contributed by atoms with van der Waals surface area (Å²) in [6.45, 7) is 6.30. The van der Waals surface area contributed by atoms with Gasteiger partial charge in [0.2, 0.25) is 0 Å². The molecule has 0 heterocycles. The molecule has 554 valence electrons. The minimum Gasteiger partial charge on any atom is -0.465 e. The van der Waals surface area contributed by atoms with E-state index in [1.165, 1.54) is 372 Å². The molecule has 0 atom stereocenters. The van der Waals surface area contributed by atoms with Crippen molar-refractivity contribution in [3.8, 4) is 0 Å². The van der Waals surface area contributed by atoms with E-state index in [1.54, 1.807) is 24.3 Å². The molecule has 0 radical (unpaired) electrons. The lowest BCUT2D eigenvalue weighted by atomic mass is 9.93. The third kappa shape index (κ3) is 64.2. The van der Waals surface area contributed by atoms with Crippen LogP contribution in [-0.2, 0) is 19.0 Å². The van der Waals surface area contributed by atoms with E-state index in [1.807, 2.05) is 0 Å². The van der Waals surface area contributed by atoms with Gasteiger partial charge in [0.1, 0.15) is 6.61 Å². The van der Waals surface area contributed by atoms with E-state index < -0.39 is 37.2 Å². The second-order valence-electron chi connectivity index (χ2n) is 29.1. The maximum absolute atomic E-state index is 12.8. The van der Waals surface area contributed by atoms with Gasteiger partial charge >= 0.3 is 17.9 Å². The minimum absolute atomic E-state index is 0.144. The number of ether oxygens (including phenoxy) is 3. The summed E-state index contributed by atoms with van der Waals surface area (Å²) >= 11 is 0. The predicted molar refractivity (Wildman–Crippen MR) is 403 cm³/mol. The van der Waals surface area contributed by atoms with Crippen molar-refractivity contribution in [3.63, 3.8) is 0 Å². The van der Waals surface area contributed by atoms with Gasteiger partial charge in [-0.25, -0.2) is 9.59 Å². The Hall–Kier alpha value is -2.49. The first-order valence-electron chi connectivity index (χ1n) is 41.8. The molecule has 0 aliphatic heterocycles. The summed E-state index contributed by atoms with van der Waals surface area (Å²) in [7, 11) is 0. The first-order valence-corrected chi connectivity index (χ1v) is 41.8. The van der Waals surface area contributed by atoms with Crippen LogP contribution in [0.4, 0.5) is 0 Å². The molecule has 0 saturated heterocycles. The number of carbonyl (C=O) groups excluding carboxylic acids is 3. The van der Waals surface area contributed by atoms with Gasteiger partial charge in [0.25, 0.3) is 0 Å². The zero-order valence-corrected chi connectivity index (χ0v) is 63.0. The summed E-state index contributed by atoms with van der Waals surface area (Å²) < 4.78 is 16.2. The lowest BCUT2D eigenvalue weighted by molar-refractivity contribution is -0.151. The van der Waals surface area contributed by atoms with E-state index in [9.17, 15) is 29.7 Å². The number of rotatable bonds is 75. The maximum Gasteiger partial charge on any atom is 0.339 e. The maximum atomic E-state index is 12.8. The van der Waals surface area contributed by atoms with Crippen molar-refractivity contribution in [2.45, 2.75) is 445 Å². The molecule has 0 amide bonds. The smallest absolute Gasteiger partial charge is 0.339 e. The molecule has 1 aromatic rings. The number of unbranched alkanes of at least 4 members (excludes halogenated alkanes) is 62. The molecule has 94 heavy (non-hydrogen) atoms. The zero-order chi connectivity index (χ0) is 68.2. The number of aliphatic hydroxyl groups excluding tert-OH is 3. The topological polar surface area (TPSA) is 140 Å². The molecular formula is C85H160O9. The molecule has 0 spiro atoms. The summed E-state index contributed by atoms with van der Waals surface area (Å²) in [6, 6.07) is 6.91. The lowest BCUT2D eigenvalue weighted by Crippen LogP contribution is -2.39. The van der Waals surface area contributed by atoms with Crippen LogP contribution in [0.15, 0.2) is 24.3 Å². The molecule has 0 saturated carbocycles. The van der Waals surface area contributed by atoms with Crippen molar-refractivity contribution in [1.29, 1.82) is 0 Å². The monoisotopic (exact) mass is 1330 g/mol. The van der Waals surface area contributed by atoms with Crippen LogP contribution < -0.4 is 0 Å². The van der Waals surface area contributed by atoms with Crippen LogP contribution in [0.1, 0.15) is 465 Å². The van der Waals surface area contributed by atoms with Crippen molar-refractivity contribution in [2.24, 2.45) is 5.41 Å². The van der Waals surface area contributed by atoms with E-state index in [2.05, 4.69) is 20.8 Å². The average Bonchev–Trinajstić information content (AvgIpc) is 0.913. The van der Waals surface area contributed by atoms with Gasteiger partial charge in [-0.2, -0.15) is 0 Å². The highest BCUT2D eigenvalue weighted by Gasteiger charge is 2.30. The van der Waals surface area contributed by atoms with Crippen LogP contribution in [-0.4, -0.2) is 72.9 Å². The fraction of sp³-hybridized carbons (Fsp3) is 0.894. The third-order valence-corrected chi connectivity index (χ3v) is 19.9. The number of esters is 3. The average molecular weight is 1330 g/mol. The van der Waals surface area contributed by atoms with Crippen molar-refractivity contribution in [3.05, 3.63) is 35.4 Å². The molecule has 0 unspecified atom stereocenters. The molecule has 0 fully saturated rings. The molecule has 9 nitrogen and oxygen atoms in total. The van der Waals surface area contributed by atoms with Gasteiger partial charge in [0.15, 0.2) is 0 Å². The second kappa shape index (κ2) is 76.3. The van der Waals surface area contributed by atoms with Crippen LogP contribution in [0.3, 0.4) is 0 Å². The van der Waals surface area contributed by atoms with Crippen LogP contribution in [0.2, 0.25) is 0 Å². The van der Waals surface area contributed by atoms with E-state index in [4.69, 9.17) is 14.2 Å². The Kier molecular flexibility index (Phi) is 74.2. The van der Waals surface area contributed by atoms with Crippen LogP contribution in [0.25, 0.3) is 0 Å². The van der Waals surface area contributed by atoms with Crippen molar-refractivity contribution in [1.82, 2.24) is 0 Å². The normalized spacial score (nSPS) is 11.5. The first-order chi connectivity index (χ1) is 46.3. The van der Waals surface area contributed by atoms with Gasteiger partial charge in [0.05, 0.1) is 49.6 Å². The number of aliphatic hydroxyl groups is 3. The molecule has 0 aliphatic carbocycles. The molecule has 1 aromatic carbocycles. The zero-order valence-electron chi connectivity index (χ0n) is 63.0. The Bertz CT molecular complexity index is 1590. The molecule has 0 bridgehead atoms. The van der Waals surface area contributed by atoms with Gasteiger partial charge < -0.3 is 29.5 Å². The fourth-order valence-corrected chi connectivity index (χ4v) is 13.0. The largest absolute Gasteiger partial charge is 0.465 e. The number of hydrogen-bond donors (Lipinski definition) is 3. The number of hydrogen-bond acceptors (Lipinski definition) is 9. The summed E-state index contributed by atoms with van der Waals surface area (Å²) in [5.41, 5.74) is -0.509. The highest BCUT2D eigenvalue weighted by molar-refractivity contribution is 6.03. The number of carbonyl (C=O) groups is 3. The van der Waals surface area contributed by atoms with E-state index >= 15 is 0 Å². The van der Waals surface area contributed by atoms with Crippen LogP contribution in [0.5, 0.6) is 0 Å². The van der Waals surface area contributed by atoms with Gasteiger partial charge in [-0.1, -0.05) is 431 Å². The number of benzene rings is 1. The summed E-state index contributed by atoms with van der Waals surface area (Å²) in [4.78, 5) is 37.4. The van der Waals surface area contributed by atoms with Gasteiger partial charge in [-0.15, -0.1) is 0 Å². The van der Waals surface area contributed by atoms with Gasteiger partial charge in [0, 0.05) is 6.42 Å². The minimum atomic E-state index is -1.14. The lowest BCUT2D eigenvalue weighted by Gasteiger charge is -2.26. The van der Waals surface area contributed by atoms with Crippen molar-refractivity contribution >= 4 is 17.9 Å². The third-order valence-electron chi connectivity index (χ3n) is 19.9. The standard InChI is InChI=1S/C52H94O4.C33H66O5/c1-3-5-7-9-11-13-15-17-19-21-23-25-27-29-31-33-35-37-39-43-47-55-51(53)49-45-41-42-46-50(49)52(54)56-48-44-40-38-36-34-32-30-28-26-24-22-20-18-16-14-12-10-8-6-4-2;1-2-3-4-5-6-7-8-9-10-11-12-13-14-15-16-17-18-19-20-21-22-23-24-25-26-27-32(37)38-31-33(28-34,29-35)30-36/h41-42,45-46H,3-40,43-44,47-48H2,1-2H3;34-36H,2-31H2,1H3. The van der Waals surface area contributed by atoms with Gasteiger partial charge in [-0.3, -0.25) is 4.79 Å². The Balaban J connectivity index is 0.00000198. The van der Waals surface area contributed by atoms with E-state index in [0.717, 1.165) is 44.9 Å². The molecule has 1 rings (SSSR count). The highest BCUT2D eigenvalue weighted by Crippen LogP contribution is 2.22.